The summed E-state index contributed by atoms with van der Waals surface area (Å²) in [4.78, 5) is 19.4. The highest BCUT2D eigenvalue weighted by Crippen LogP contribution is 2.22. The second kappa shape index (κ2) is 8.57. The molecule has 2 aromatic heterocycles. The lowest BCUT2D eigenvalue weighted by atomic mass is 9.99. The van der Waals surface area contributed by atoms with E-state index in [0.29, 0.717) is 19.6 Å². The Labute approximate surface area is 183 Å². The summed E-state index contributed by atoms with van der Waals surface area (Å²) in [5, 5.41) is 10.1. The summed E-state index contributed by atoms with van der Waals surface area (Å²) >= 11 is 0. The molecule has 1 amide bonds. The summed E-state index contributed by atoms with van der Waals surface area (Å²) in [6.07, 6.45) is 4.44. The molecule has 7 heteroatoms. The van der Waals surface area contributed by atoms with Gasteiger partial charge in [-0.1, -0.05) is 25.1 Å². The van der Waals surface area contributed by atoms with Gasteiger partial charge in [0.15, 0.2) is 11.6 Å². The third-order valence-electron chi connectivity index (χ3n) is 6.69. The Morgan fingerprint density at radius 2 is 1.52 bits per heavy atom. The third kappa shape index (κ3) is 4.22. The molecule has 0 bridgehead atoms. The fourth-order valence-electron chi connectivity index (χ4n) is 4.60. The van der Waals surface area contributed by atoms with E-state index in [9.17, 15) is 4.79 Å². The SMILES string of the molecule is CC1CCN(c2ccc(N3CCN(C(=O)Cn4ccc5ccccc54)CC3)nn2)CC1. The van der Waals surface area contributed by atoms with Crippen molar-refractivity contribution < 1.29 is 4.79 Å². The van der Waals surface area contributed by atoms with Crippen LogP contribution in [-0.2, 0) is 11.3 Å². The molecule has 3 aromatic rings. The van der Waals surface area contributed by atoms with E-state index in [1.165, 1.54) is 18.2 Å². The molecule has 2 aliphatic rings. The molecule has 7 nitrogen and oxygen atoms in total. The van der Waals surface area contributed by atoms with Crippen LogP contribution in [-0.4, -0.2) is 64.8 Å². The van der Waals surface area contributed by atoms with E-state index in [2.05, 4.69) is 57.3 Å². The predicted octanol–water partition coefficient (Wildman–Crippen LogP) is 3.02. The van der Waals surface area contributed by atoms with Gasteiger partial charge in [0.25, 0.3) is 0 Å². The van der Waals surface area contributed by atoms with Crippen molar-refractivity contribution in [3.05, 3.63) is 48.7 Å². The molecular weight excluding hydrogens is 388 g/mol. The minimum Gasteiger partial charge on any atom is -0.355 e. The molecule has 1 aromatic carbocycles. The molecule has 5 rings (SSSR count). The van der Waals surface area contributed by atoms with Crippen molar-refractivity contribution >= 4 is 28.4 Å². The first-order valence-corrected chi connectivity index (χ1v) is 11.3. The first kappa shape index (κ1) is 19.8. The Morgan fingerprint density at radius 3 is 2.19 bits per heavy atom. The summed E-state index contributed by atoms with van der Waals surface area (Å²) < 4.78 is 2.04. The van der Waals surface area contributed by atoms with E-state index in [4.69, 9.17) is 0 Å². The summed E-state index contributed by atoms with van der Waals surface area (Å²) in [6.45, 7) is 7.82. The zero-order valence-corrected chi connectivity index (χ0v) is 18.2. The van der Waals surface area contributed by atoms with Crippen LogP contribution in [0.15, 0.2) is 48.7 Å². The maximum atomic E-state index is 12.8. The zero-order chi connectivity index (χ0) is 21.2. The van der Waals surface area contributed by atoms with Gasteiger partial charge in [-0.15, -0.1) is 10.2 Å². The van der Waals surface area contributed by atoms with Gasteiger partial charge in [-0.05, 0) is 48.4 Å². The number of aromatic nitrogens is 3. The number of piperazine rings is 1. The topological polar surface area (TPSA) is 57.5 Å². The number of nitrogens with zero attached hydrogens (tertiary/aromatic N) is 6. The average Bonchev–Trinajstić information content (AvgIpc) is 3.23. The van der Waals surface area contributed by atoms with Gasteiger partial charge < -0.3 is 19.3 Å². The molecule has 0 spiro atoms. The van der Waals surface area contributed by atoms with Crippen molar-refractivity contribution in [2.45, 2.75) is 26.3 Å². The van der Waals surface area contributed by atoms with E-state index in [1.54, 1.807) is 0 Å². The Balaban J connectivity index is 1.16. The molecule has 2 aliphatic heterocycles. The van der Waals surface area contributed by atoms with Crippen molar-refractivity contribution in [1.82, 2.24) is 19.7 Å². The smallest absolute Gasteiger partial charge is 0.242 e. The number of carbonyl (C=O) groups excluding carboxylic acids is 1. The summed E-state index contributed by atoms with van der Waals surface area (Å²) in [6, 6.07) is 14.4. The van der Waals surface area contributed by atoms with Gasteiger partial charge in [0.1, 0.15) is 6.54 Å². The lowest BCUT2D eigenvalue weighted by molar-refractivity contribution is -0.132. The number of carbonyl (C=O) groups is 1. The number of anilines is 2. The van der Waals surface area contributed by atoms with Crippen molar-refractivity contribution in [2.24, 2.45) is 5.92 Å². The Hall–Kier alpha value is -3.09. The van der Waals surface area contributed by atoms with Crippen LogP contribution in [0.4, 0.5) is 11.6 Å². The van der Waals surface area contributed by atoms with E-state index < -0.39 is 0 Å². The number of rotatable bonds is 4. The average molecular weight is 419 g/mol. The van der Waals surface area contributed by atoms with Crippen molar-refractivity contribution in [3.8, 4) is 0 Å². The lowest BCUT2D eigenvalue weighted by Gasteiger charge is -2.35. The third-order valence-corrected chi connectivity index (χ3v) is 6.69. The van der Waals surface area contributed by atoms with Gasteiger partial charge in [0.05, 0.1) is 0 Å². The normalized spacial score (nSPS) is 18.0. The number of hydrogen-bond donors (Lipinski definition) is 0. The minimum absolute atomic E-state index is 0.168. The van der Waals surface area contributed by atoms with Crippen LogP contribution >= 0.6 is 0 Å². The first-order chi connectivity index (χ1) is 15.2. The second-order valence-electron chi connectivity index (χ2n) is 8.79. The monoisotopic (exact) mass is 418 g/mol. The molecular formula is C24H30N6O. The minimum atomic E-state index is 0.168. The van der Waals surface area contributed by atoms with Gasteiger partial charge in [-0.3, -0.25) is 4.79 Å². The molecule has 31 heavy (non-hydrogen) atoms. The van der Waals surface area contributed by atoms with Crippen LogP contribution in [0.25, 0.3) is 10.9 Å². The van der Waals surface area contributed by atoms with E-state index in [0.717, 1.165) is 49.2 Å². The standard InChI is InChI=1S/C24H30N6O/c1-19-8-11-27(12-9-19)22-6-7-23(26-25-22)28-14-16-29(17-15-28)24(31)18-30-13-10-20-4-2-3-5-21(20)30/h2-7,10,13,19H,8-9,11-12,14-18H2,1H3. The maximum absolute atomic E-state index is 12.8. The molecule has 0 radical (unpaired) electrons. The number of amides is 1. The molecule has 162 valence electrons. The Kier molecular flexibility index (Phi) is 5.49. The lowest BCUT2D eigenvalue weighted by Crippen LogP contribution is -2.49. The summed E-state index contributed by atoms with van der Waals surface area (Å²) in [5.74, 6) is 2.85. The largest absolute Gasteiger partial charge is 0.355 e. The maximum Gasteiger partial charge on any atom is 0.242 e. The molecule has 0 atom stereocenters. The number of piperidine rings is 1. The zero-order valence-electron chi connectivity index (χ0n) is 18.2. The fraction of sp³-hybridized carbons (Fsp3) is 0.458. The molecule has 2 fully saturated rings. The van der Waals surface area contributed by atoms with Crippen LogP contribution in [0.1, 0.15) is 19.8 Å². The molecule has 0 N–H and O–H groups in total. The number of para-hydroxylation sites is 1. The van der Waals surface area contributed by atoms with Crippen molar-refractivity contribution in [1.29, 1.82) is 0 Å². The predicted molar refractivity (Wildman–Crippen MR) is 123 cm³/mol. The molecule has 0 aliphatic carbocycles. The molecule has 0 unspecified atom stereocenters. The van der Waals surface area contributed by atoms with E-state index in [-0.39, 0.29) is 5.91 Å². The van der Waals surface area contributed by atoms with Crippen molar-refractivity contribution in [3.63, 3.8) is 0 Å². The number of benzene rings is 1. The van der Waals surface area contributed by atoms with E-state index in [1.807, 2.05) is 27.8 Å². The number of hydrogen-bond acceptors (Lipinski definition) is 5. The van der Waals surface area contributed by atoms with Gasteiger partial charge in [0.2, 0.25) is 5.91 Å². The number of fused-ring (bicyclic) bond motifs is 1. The molecule has 0 saturated carbocycles. The summed E-state index contributed by atoms with van der Waals surface area (Å²) in [5.41, 5.74) is 1.10. The fourth-order valence-corrected chi connectivity index (χ4v) is 4.60. The van der Waals surface area contributed by atoms with E-state index >= 15 is 0 Å². The molecule has 2 saturated heterocycles. The molecule has 4 heterocycles. The van der Waals surface area contributed by atoms with Crippen LogP contribution in [0, 0.1) is 5.92 Å². The van der Waals surface area contributed by atoms with Crippen LogP contribution < -0.4 is 9.80 Å². The van der Waals surface area contributed by atoms with Gasteiger partial charge >= 0.3 is 0 Å². The Bertz CT molecular complexity index is 1030. The summed E-state index contributed by atoms with van der Waals surface area (Å²) in [7, 11) is 0. The quantitative estimate of drug-likeness (QED) is 0.652. The first-order valence-electron chi connectivity index (χ1n) is 11.3. The highest BCUT2D eigenvalue weighted by Gasteiger charge is 2.23. The van der Waals surface area contributed by atoms with Gasteiger partial charge in [0, 0.05) is 51.0 Å². The van der Waals surface area contributed by atoms with Gasteiger partial charge in [-0.25, -0.2) is 0 Å². The van der Waals surface area contributed by atoms with Gasteiger partial charge in [-0.2, -0.15) is 0 Å². The van der Waals surface area contributed by atoms with Crippen LogP contribution in [0.5, 0.6) is 0 Å². The Morgan fingerprint density at radius 1 is 0.871 bits per heavy atom. The van der Waals surface area contributed by atoms with Crippen molar-refractivity contribution in [2.75, 3.05) is 49.1 Å². The highest BCUT2D eigenvalue weighted by molar-refractivity contribution is 5.83. The highest BCUT2D eigenvalue weighted by atomic mass is 16.2. The van der Waals surface area contributed by atoms with Crippen LogP contribution in [0.2, 0.25) is 0 Å². The second-order valence-corrected chi connectivity index (χ2v) is 8.79. The van der Waals surface area contributed by atoms with Crippen LogP contribution in [0.3, 0.4) is 0 Å².